The number of hydrogen-bond donors (Lipinski definition) is 14. The number of rotatable bonds is 55. The van der Waals surface area contributed by atoms with Crippen molar-refractivity contribution in [2.75, 3.05) is 279 Å². The fraction of sp³-hybridized carbons (Fsp3) is 0.797. The minimum Gasteiger partial charge on any atom is -0.772 e. The van der Waals surface area contributed by atoms with Gasteiger partial charge >= 0.3 is 12.4 Å². The summed E-state index contributed by atoms with van der Waals surface area (Å²) in [4.78, 5) is 170. The third-order valence-electron chi connectivity index (χ3n) is 12.6. The van der Waals surface area contributed by atoms with Crippen LogP contribution in [-0.4, -0.2) is 508 Å². The van der Waals surface area contributed by atoms with Crippen LogP contribution in [0.2, 0.25) is 0 Å². The molecule has 0 aromatic carbocycles. The monoisotopic (exact) mass is 2260 g/mol. The van der Waals surface area contributed by atoms with Gasteiger partial charge in [-0.2, -0.15) is 36.9 Å². The Labute approximate surface area is 861 Å². The van der Waals surface area contributed by atoms with Gasteiger partial charge in [0.05, 0.1) is 37.6 Å². The maximum Gasteiger partial charge on any atom is 0.405 e. The molecule has 0 spiro atoms. The Bertz CT molecular complexity index is 3370. The van der Waals surface area contributed by atoms with E-state index in [1.165, 1.54) is 35.2 Å². The van der Waals surface area contributed by atoms with Gasteiger partial charge in [-0.1, -0.05) is 45.2 Å². The van der Waals surface area contributed by atoms with Gasteiger partial charge in [-0.25, -0.2) is 43.9 Å². The van der Waals surface area contributed by atoms with Crippen molar-refractivity contribution in [3.8, 4) is 0 Å². The Morgan fingerprint density at radius 3 is 1.06 bits per heavy atom. The van der Waals surface area contributed by atoms with Crippen LogP contribution in [0.1, 0.15) is 102 Å². The molecule has 0 radical (unpaired) electrons. The van der Waals surface area contributed by atoms with Crippen LogP contribution < -0.4 is 63.0 Å². The fourth-order valence-corrected chi connectivity index (χ4v) is 6.28. The van der Waals surface area contributed by atoms with E-state index in [-0.39, 0.29) is 79.3 Å². The maximum atomic E-state index is 11.7. The molecule has 0 bridgehead atoms. The van der Waals surface area contributed by atoms with Crippen molar-refractivity contribution in [1.82, 2.24) is 102 Å². The molecule has 15 N–H and O–H groups in total. The number of ether oxygens (including phenoxy) is 2. The third-order valence-corrected chi connectivity index (χ3v) is 16.1. The molecule has 0 saturated carbocycles. The lowest BCUT2D eigenvalue weighted by Crippen LogP contribution is -2.37. The predicted octanol–water partition coefficient (Wildman–Crippen LogP) is -4.25. The van der Waals surface area contributed by atoms with Gasteiger partial charge in [-0.05, 0) is 96.5 Å². The van der Waals surface area contributed by atoms with E-state index in [0.717, 1.165) is 136 Å². The van der Waals surface area contributed by atoms with Crippen LogP contribution in [0.3, 0.4) is 0 Å². The number of hydrogen-bond acceptors (Lipinski definition) is 35. The SMILES string of the molecule is CC(=O)N(C)CCN(C)C=O.CC(C)(C)NS(=O)[O-].CC(C)S(=O)[O-].CC(F)CNC=O.CCC(C)(C)NC=O.CCCCNC=O.CCN(C=O)CCOC.CN(C)CCN(C)C=O.CN(C)CCNC=O.CN(C=O)CC(F)(F)F.CN(C=O)CCO.CNCCN(C)C=O.COCCNC=O.CS(=O)(=O)CCNC=O.CS(=O)(=O)CCNC=O.CS(N)(=O)=O.C[S-](=N)=O.O=CNCC(F)(F)F.O=CNCCF. The van der Waals surface area contributed by atoms with Gasteiger partial charge in [0, 0.05) is 215 Å². The first-order valence-corrected chi connectivity index (χ1v) is 52.3. The second-order valence-corrected chi connectivity index (χ2v) is 39.1. The molecule has 16 amide bonds. The van der Waals surface area contributed by atoms with Crippen molar-refractivity contribution in [3.05, 3.63) is 0 Å². The number of carbonyl (C=O) groups is 16. The lowest BCUT2D eigenvalue weighted by atomic mass is 10.0. The highest BCUT2D eigenvalue weighted by molar-refractivity contribution is 7.91. The Morgan fingerprint density at radius 2 is 0.855 bits per heavy atom. The molecule has 0 aromatic heterocycles. The summed E-state index contributed by atoms with van der Waals surface area (Å²) in [6, 6.07) is 0. The number of nitrogens with two attached hydrogens (primary N) is 1. The lowest BCUT2D eigenvalue weighted by molar-refractivity contribution is -0.151. The third kappa shape index (κ3) is 308. The first kappa shape index (κ1) is 181. The van der Waals surface area contributed by atoms with Crippen LogP contribution in [0.15, 0.2) is 0 Å². The van der Waals surface area contributed by atoms with Gasteiger partial charge in [-0.3, -0.25) is 85.1 Å². The summed E-state index contributed by atoms with van der Waals surface area (Å²) in [6.45, 7) is 29.9. The van der Waals surface area contributed by atoms with Crippen molar-refractivity contribution < 1.29 is 173 Å². The van der Waals surface area contributed by atoms with Gasteiger partial charge in [-0.15, -0.1) is 6.26 Å². The largest absolute Gasteiger partial charge is 0.772 e. The average molecular weight is 2260 g/mol. The van der Waals surface area contributed by atoms with Crippen LogP contribution in [0.4, 0.5) is 35.1 Å². The number of aliphatic hydroxyl groups excluding tert-OH is 1. The molecule has 0 fully saturated rings. The Hall–Kier alpha value is -9.34. The first-order chi connectivity index (χ1) is 66.5. The molecule has 0 rings (SSSR count). The summed E-state index contributed by atoms with van der Waals surface area (Å²) < 4.78 is 216. The number of likely N-dealkylation sites (N-methyl/N-ethyl adjacent to an activating group) is 9. The number of sulfone groups is 2. The van der Waals surface area contributed by atoms with Crippen LogP contribution in [0, 0.1) is 4.78 Å². The molecule has 3 unspecified atom stereocenters. The summed E-state index contributed by atoms with van der Waals surface area (Å²) in [5.41, 5.74) is -0.367. The lowest BCUT2D eigenvalue weighted by Gasteiger charge is -2.21. The molecule has 0 saturated heterocycles. The molecule has 0 aliphatic heterocycles. The number of nitrogens with zero attached hydrogens (tertiary/aromatic N) is 9. The fourth-order valence-electron chi connectivity index (χ4n) is 4.80. The summed E-state index contributed by atoms with van der Waals surface area (Å²) in [6.07, 6.45) is 6.96. The van der Waals surface area contributed by atoms with E-state index in [2.05, 4.69) is 69.4 Å². The number of methoxy groups -OCH3 is 2. The smallest absolute Gasteiger partial charge is 0.405 e. The average Bonchev–Trinajstić information content (AvgIpc) is 0.961. The highest BCUT2D eigenvalue weighted by atomic mass is 32.2. The summed E-state index contributed by atoms with van der Waals surface area (Å²) in [7, 11) is 12.2. The van der Waals surface area contributed by atoms with E-state index in [9.17, 15) is 159 Å². The second kappa shape index (κ2) is 135. The Balaban J connectivity index is -0.0000000682. The molecule has 0 heterocycles. The van der Waals surface area contributed by atoms with Crippen LogP contribution in [0.25, 0.3) is 0 Å². The molecule has 52 nitrogen and oxygen atoms in total. The number of unbranched alkanes of at least 4 members (excludes halogenated alkanes) is 1. The highest BCUT2D eigenvalue weighted by Crippen LogP contribution is 2.14. The molecule has 3 atom stereocenters. The number of carbonyl (C=O) groups excluding carboxylic acids is 16. The Morgan fingerprint density at radius 1 is 0.510 bits per heavy atom. The topological polar surface area (TPSA) is 723 Å². The molecule has 0 aliphatic rings. The van der Waals surface area contributed by atoms with Gasteiger partial charge in [0.2, 0.25) is 112 Å². The van der Waals surface area contributed by atoms with E-state index in [1.54, 1.807) is 104 Å². The molecule has 0 aliphatic carbocycles. The second-order valence-electron chi connectivity index (χ2n) is 29.9. The van der Waals surface area contributed by atoms with E-state index < -0.39 is 101 Å². The van der Waals surface area contributed by atoms with Gasteiger partial charge in [0.15, 0.2) is 0 Å². The normalized spacial score (nSPS) is 10.4. The van der Waals surface area contributed by atoms with Crippen LogP contribution >= 0.6 is 0 Å². The molecule has 66 heteroatoms. The van der Waals surface area contributed by atoms with E-state index in [4.69, 9.17) is 14.6 Å². The number of amides is 16. The zero-order chi connectivity index (χ0) is 119. The number of aliphatic hydroxyl groups is 1. The Kier molecular flexibility index (Phi) is 168. The van der Waals surface area contributed by atoms with Crippen molar-refractivity contribution in [2.24, 2.45) is 5.14 Å². The van der Waals surface area contributed by atoms with E-state index in [1.807, 2.05) is 72.7 Å². The molecular formula is C79H175F8N22O30S6-3. The number of nitrogens with one attached hydrogen (secondary N) is 12. The highest BCUT2D eigenvalue weighted by Gasteiger charge is 2.29. The standard InChI is InChI=1S/C7H14N2O2.C6H14N2O.C6H13NO2.C6H13NO.2C5H12N2O.C5H11NO.C4H6F3NO.C4H8FNO.2C4H9NO3S.C4H11NO2S.2C4H9NO2.C3H4F3NO.C3H6FNO.C3H8O2S.CH5NO2S.CH4NOS/c1-7(11)9(3)5-4-8(2)6-10;1-7(2)4-5-8(3)6-9;1-3-7(6-8)4-5-9-2;1-4-6(2,3)7-5-8;1-7(2)4-3-6-5-8;1-6-3-4-7(2)5-8;1-2-3-4-6-5-7;1-8(3-9)2-4(5,6)7;1-4(5)2-6-3-7;2*1-9(7,8)3-2-5-4-6;1-4(2,3)5-8(6)7;1-7-3-2-5-4-6;1-5(4-7)2-3-6;4-3(5,6)1-7-2-8;4-1-2-5-3-6;1-3(2)6(4)5;1-5(2,3)4;1-4(2)3/h6H,4-5H2,1-3H3;6H,4-5H2,1-3H3;6H,3-5H2,1-2H3;5H,4H2,1-3H3,(H,7,8);5H,3-4H2,1-2H3,(H,6,8);5-6H,3-4H2,1-2H3;5H,2-4H2,1H3,(H,6,7);3H,2H2,1H3;3-4H,2H2,1H3,(H,6,7);2*4H,2-3H2,1H3,(H,5,6);5H,1-3H3,(H,6,7);4H,2-3H2,1H3,(H,5,6);4,6H,2-3H2,1H3;2H,1H2,(H,7,8);3H,1-2H2,(H,5,6);3H,1-2H3,(H,4,5);1H3,(H2,2,3,4);2H,1H3/q;;;;;;;;;;;;;;;;;;-1/p-2. The van der Waals surface area contributed by atoms with E-state index >= 15 is 0 Å². The minimum atomic E-state index is -4.29. The summed E-state index contributed by atoms with van der Waals surface area (Å²) >= 11 is -4.00. The zero-order valence-electron chi connectivity index (χ0n) is 89.5. The predicted molar refractivity (Wildman–Crippen MR) is 543 cm³/mol. The van der Waals surface area contributed by atoms with Crippen LogP contribution in [-0.2, 0) is 153 Å². The number of halogens is 8. The molecule has 876 valence electrons. The summed E-state index contributed by atoms with van der Waals surface area (Å²) in [5.74, 6) is 0.0293. The van der Waals surface area contributed by atoms with Crippen molar-refractivity contribution >= 4 is 165 Å². The zero-order valence-corrected chi connectivity index (χ0v) is 94.4. The maximum absolute atomic E-state index is 11.7. The van der Waals surface area contributed by atoms with Gasteiger partial charge in [0.25, 0.3) is 0 Å². The van der Waals surface area contributed by atoms with Crippen molar-refractivity contribution in [3.63, 3.8) is 0 Å². The van der Waals surface area contributed by atoms with E-state index in [0.29, 0.717) is 95.7 Å². The number of alkyl halides is 8. The van der Waals surface area contributed by atoms with Gasteiger partial charge in [0.1, 0.15) is 45.6 Å². The number of sulfonamides is 1. The first-order valence-electron chi connectivity index (χ1n) is 42.5. The molecular weight excluding hydrogens is 2080 g/mol. The van der Waals surface area contributed by atoms with Crippen molar-refractivity contribution in [1.29, 1.82) is 4.78 Å². The van der Waals surface area contributed by atoms with Crippen LogP contribution in [0.5, 0.6) is 0 Å². The minimum absolute atomic E-state index is 0.00569. The van der Waals surface area contributed by atoms with Crippen molar-refractivity contribution in [2.45, 2.75) is 137 Å². The molecule has 145 heavy (non-hydrogen) atoms. The summed E-state index contributed by atoms with van der Waals surface area (Å²) in [5, 5.41) is 35.8. The molecule has 0 aromatic rings. The van der Waals surface area contributed by atoms with Gasteiger partial charge < -0.3 is 130 Å². The quantitative estimate of drug-likeness (QED) is 0.00902. The number of primary sulfonamides is 1.